The molecule has 164 valence electrons. The number of pyridine rings is 1. The van der Waals surface area contributed by atoms with Gasteiger partial charge in [0.25, 0.3) is 0 Å². The van der Waals surface area contributed by atoms with E-state index in [1.807, 2.05) is 12.1 Å². The Morgan fingerprint density at radius 1 is 1.03 bits per heavy atom. The van der Waals surface area contributed by atoms with Gasteiger partial charge in [0.15, 0.2) is 0 Å². The predicted octanol–water partition coefficient (Wildman–Crippen LogP) is 4.82. The summed E-state index contributed by atoms with van der Waals surface area (Å²) in [5.41, 5.74) is 7.14. The summed E-state index contributed by atoms with van der Waals surface area (Å²) in [5, 5.41) is 13.8. The lowest BCUT2D eigenvalue weighted by molar-refractivity contribution is -0.465. The molecule has 0 aliphatic heterocycles. The van der Waals surface area contributed by atoms with Gasteiger partial charge in [0.2, 0.25) is 11.5 Å². The van der Waals surface area contributed by atoms with Crippen molar-refractivity contribution in [2.24, 2.45) is 0 Å². The van der Waals surface area contributed by atoms with Crippen LogP contribution in [0.4, 0.5) is 5.82 Å². The van der Waals surface area contributed by atoms with E-state index in [2.05, 4.69) is 88.9 Å². The number of fused-ring (bicyclic) bond motifs is 3. The molecule has 0 amide bonds. The normalized spacial score (nSPS) is 11.3. The number of aromatic nitrogens is 2. The summed E-state index contributed by atoms with van der Waals surface area (Å²) in [6.45, 7) is 10.6. The van der Waals surface area contributed by atoms with Crippen LogP contribution in [-0.4, -0.2) is 36.1 Å². The smallest absolute Gasteiger partial charge is 0.250 e. The fourth-order valence-electron chi connectivity index (χ4n) is 4.51. The standard InChI is InChI=1S/C27H31N5/c1-4-31(5-2)17-11-16-29-26-22(18-21-12-7-6-8-13-21)20(3)23(19-28)27-30-24-14-9-10-15-25(24)32(26)27/h6-10,12-15H,4-5,11,16-18H2,1-3H3,(H,29,30)/p+1. The number of imidazole rings is 1. The molecule has 0 saturated carbocycles. The molecule has 4 rings (SSSR count). The van der Waals surface area contributed by atoms with Crippen LogP contribution in [0.25, 0.3) is 16.7 Å². The second kappa shape index (κ2) is 9.84. The zero-order chi connectivity index (χ0) is 22.5. The van der Waals surface area contributed by atoms with Crippen molar-refractivity contribution < 1.29 is 4.40 Å². The lowest BCUT2D eigenvalue weighted by atomic mass is 9.97. The third-order valence-electron chi connectivity index (χ3n) is 6.37. The molecule has 0 aliphatic rings. The Kier molecular flexibility index (Phi) is 6.72. The van der Waals surface area contributed by atoms with E-state index in [1.54, 1.807) is 0 Å². The van der Waals surface area contributed by atoms with Crippen molar-refractivity contribution in [2.45, 2.75) is 33.6 Å². The number of aromatic amines is 1. The van der Waals surface area contributed by atoms with E-state index in [9.17, 15) is 5.26 Å². The number of hydrogen-bond acceptors (Lipinski definition) is 3. The van der Waals surface area contributed by atoms with Crippen LogP contribution >= 0.6 is 0 Å². The minimum absolute atomic E-state index is 0.709. The van der Waals surface area contributed by atoms with Gasteiger partial charge in [-0.3, -0.25) is 4.98 Å². The van der Waals surface area contributed by atoms with Gasteiger partial charge < -0.3 is 10.2 Å². The molecule has 2 heterocycles. The van der Waals surface area contributed by atoms with Gasteiger partial charge in [0.05, 0.1) is 6.54 Å². The Bertz CT molecular complexity index is 1250. The Balaban J connectivity index is 1.83. The Morgan fingerprint density at radius 3 is 2.47 bits per heavy atom. The summed E-state index contributed by atoms with van der Waals surface area (Å²) in [4.78, 5) is 5.94. The van der Waals surface area contributed by atoms with Gasteiger partial charge in [-0.25, -0.2) is 0 Å². The molecule has 2 aromatic heterocycles. The maximum Gasteiger partial charge on any atom is 0.250 e. The first-order valence-corrected chi connectivity index (χ1v) is 11.6. The number of nitriles is 1. The highest BCUT2D eigenvalue weighted by Crippen LogP contribution is 2.27. The first-order valence-electron chi connectivity index (χ1n) is 11.6. The van der Waals surface area contributed by atoms with E-state index in [-0.39, 0.29) is 0 Å². The zero-order valence-corrected chi connectivity index (χ0v) is 19.3. The summed E-state index contributed by atoms with van der Waals surface area (Å²) < 4.78 is 2.20. The van der Waals surface area contributed by atoms with Crippen molar-refractivity contribution in [1.82, 2.24) is 9.88 Å². The minimum Gasteiger partial charge on any atom is -0.305 e. The SMILES string of the molecule is CCN(CC)CCCNc1c(Cc2ccccc2)c(C)c(C#N)c2[nH]c3ccccc3[n+]12. The van der Waals surface area contributed by atoms with E-state index in [0.29, 0.717) is 5.56 Å². The maximum atomic E-state index is 10.0. The van der Waals surface area contributed by atoms with Crippen molar-refractivity contribution in [3.63, 3.8) is 0 Å². The van der Waals surface area contributed by atoms with Gasteiger partial charge >= 0.3 is 0 Å². The second-order valence-electron chi connectivity index (χ2n) is 8.23. The summed E-state index contributed by atoms with van der Waals surface area (Å²) >= 11 is 0. The van der Waals surface area contributed by atoms with Crippen LogP contribution in [0.5, 0.6) is 0 Å². The Hall–Kier alpha value is -3.36. The van der Waals surface area contributed by atoms with E-state index in [0.717, 1.165) is 67.1 Å². The molecule has 0 fully saturated rings. The molecule has 0 radical (unpaired) electrons. The fourth-order valence-corrected chi connectivity index (χ4v) is 4.51. The maximum absolute atomic E-state index is 10.0. The molecule has 0 saturated heterocycles. The molecule has 5 heteroatoms. The van der Waals surface area contributed by atoms with Crippen molar-refractivity contribution in [3.05, 3.63) is 76.9 Å². The van der Waals surface area contributed by atoms with Crippen molar-refractivity contribution in [3.8, 4) is 6.07 Å². The van der Waals surface area contributed by atoms with Crippen LogP contribution in [0.3, 0.4) is 0 Å². The van der Waals surface area contributed by atoms with Gasteiger partial charge in [-0.15, -0.1) is 0 Å². The third kappa shape index (κ3) is 4.19. The van der Waals surface area contributed by atoms with Crippen LogP contribution in [-0.2, 0) is 6.42 Å². The molecule has 32 heavy (non-hydrogen) atoms. The van der Waals surface area contributed by atoms with Gasteiger partial charge in [0.1, 0.15) is 22.7 Å². The van der Waals surface area contributed by atoms with Gasteiger partial charge in [-0.2, -0.15) is 9.66 Å². The molecule has 0 atom stereocenters. The lowest BCUT2D eigenvalue weighted by Gasteiger charge is -2.18. The fraction of sp³-hybridized carbons (Fsp3) is 0.333. The molecular weight excluding hydrogens is 394 g/mol. The zero-order valence-electron chi connectivity index (χ0n) is 19.3. The first-order chi connectivity index (χ1) is 15.7. The van der Waals surface area contributed by atoms with Gasteiger partial charge in [0, 0.05) is 18.5 Å². The highest BCUT2D eigenvalue weighted by atomic mass is 15.1. The van der Waals surface area contributed by atoms with Crippen LogP contribution in [0.1, 0.15) is 42.5 Å². The summed E-state index contributed by atoms with van der Waals surface area (Å²) in [6, 6.07) is 21.2. The molecule has 2 aromatic carbocycles. The number of para-hydroxylation sites is 2. The molecule has 0 bridgehead atoms. The molecule has 0 unspecified atom stereocenters. The van der Waals surface area contributed by atoms with Gasteiger partial charge in [-0.05, 0) is 49.7 Å². The number of nitrogens with zero attached hydrogens (tertiary/aromatic N) is 3. The van der Waals surface area contributed by atoms with Crippen molar-refractivity contribution >= 4 is 22.5 Å². The highest BCUT2D eigenvalue weighted by Gasteiger charge is 2.25. The highest BCUT2D eigenvalue weighted by molar-refractivity contribution is 5.78. The molecule has 2 N–H and O–H groups in total. The average Bonchev–Trinajstić information content (AvgIpc) is 3.21. The van der Waals surface area contributed by atoms with Crippen LogP contribution in [0, 0.1) is 18.3 Å². The number of rotatable bonds is 9. The van der Waals surface area contributed by atoms with E-state index >= 15 is 0 Å². The van der Waals surface area contributed by atoms with E-state index in [4.69, 9.17) is 0 Å². The molecule has 0 aliphatic carbocycles. The van der Waals surface area contributed by atoms with E-state index < -0.39 is 0 Å². The number of anilines is 1. The third-order valence-corrected chi connectivity index (χ3v) is 6.37. The van der Waals surface area contributed by atoms with Gasteiger partial charge in [-0.1, -0.05) is 56.3 Å². The first kappa shape index (κ1) is 21.9. The molecule has 0 spiro atoms. The summed E-state index contributed by atoms with van der Waals surface area (Å²) in [5.74, 6) is 1.08. The van der Waals surface area contributed by atoms with Crippen molar-refractivity contribution in [1.29, 1.82) is 5.26 Å². The Morgan fingerprint density at radius 2 is 1.75 bits per heavy atom. The molecular formula is C27H32N5+. The van der Waals surface area contributed by atoms with Crippen molar-refractivity contribution in [2.75, 3.05) is 31.5 Å². The van der Waals surface area contributed by atoms with E-state index in [1.165, 1.54) is 11.1 Å². The second-order valence-corrected chi connectivity index (χ2v) is 8.23. The summed E-state index contributed by atoms with van der Waals surface area (Å²) in [7, 11) is 0. The van der Waals surface area contributed by atoms with Crippen LogP contribution < -0.4 is 9.72 Å². The number of nitrogens with one attached hydrogen (secondary N) is 2. The quantitative estimate of drug-likeness (QED) is 0.298. The van der Waals surface area contributed by atoms with Crippen LogP contribution in [0.15, 0.2) is 54.6 Å². The minimum atomic E-state index is 0.709. The molecule has 5 nitrogen and oxygen atoms in total. The Labute approximate surface area is 190 Å². The molecule has 4 aromatic rings. The topological polar surface area (TPSA) is 59.0 Å². The lowest BCUT2D eigenvalue weighted by Crippen LogP contribution is -2.31. The largest absolute Gasteiger partial charge is 0.305 e. The number of hydrogen-bond donors (Lipinski definition) is 2. The average molecular weight is 427 g/mol. The monoisotopic (exact) mass is 426 g/mol. The number of H-pyrrole nitrogens is 1. The van der Waals surface area contributed by atoms with Crippen LogP contribution in [0.2, 0.25) is 0 Å². The number of benzene rings is 2. The summed E-state index contributed by atoms with van der Waals surface area (Å²) in [6.07, 6.45) is 1.85. The predicted molar refractivity (Wildman–Crippen MR) is 131 cm³/mol.